The minimum atomic E-state index is -2.61. The molecule has 0 radical (unpaired) electrons. The van der Waals surface area contributed by atoms with Crippen molar-refractivity contribution < 1.29 is 8.78 Å². The number of nitrogens with zero attached hydrogens (tertiary/aromatic N) is 4. The molecule has 5 rings (SSSR count). The van der Waals surface area contributed by atoms with Gasteiger partial charge in [-0.3, -0.25) is 4.79 Å². The lowest BCUT2D eigenvalue weighted by molar-refractivity contribution is -0.0446. The summed E-state index contributed by atoms with van der Waals surface area (Å²) in [6, 6.07) is -0.159. The van der Waals surface area contributed by atoms with Crippen molar-refractivity contribution in [2.75, 3.05) is 0 Å². The smallest absolute Gasteiger partial charge is 0.262 e. The second-order valence-corrected chi connectivity index (χ2v) is 9.12. The van der Waals surface area contributed by atoms with Crippen LogP contribution in [0.15, 0.2) is 16.4 Å². The largest absolute Gasteiger partial charge is 0.310 e. The van der Waals surface area contributed by atoms with Crippen molar-refractivity contribution in [3.8, 4) is 0 Å². The van der Waals surface area contributed by atoms with Crippen molar-refractivity contribution in [2.24, 2.45) is 0 Å². The van der Waals surface area contributed by atoms with E-state index < -0.39 is 5.92 Å². The first kappa shape index (κ1) is 18.2. The van der Waals surface area contributed by atoms with Crippen molar-refractivity contribution in [3.63, 3.8) is 0 Å². The minimum absolute atomic E-state index is 0.0642. The van der Waals surface area contributed by atoms with Crippen LogP contribution in [0, 0.1) is 0 Å². The Morgan fingerprint density at radius 1 is 1.18 bits per heavy atom. The molecule has 10 heteroatoms. The summed E-state index contributed by atoms with van der Waals surface area (Å²) in [5, 5.41) is 6.66. The number of thiazole rings is 1. The molecular weight excluding hydrogens is 408 g/mol. The lowest BCUT2D eigenvalue weighted by atomic mass is 9.71. The fourth-order valence-corrected chi connectivity index (χ4v) is 5.12. The number of fused-ring (bicyclic) bond motifs is 1. The van der Waals surface area contributed by atoms with Gasteiger partial charge >= 0.3 is 0 Å². The van der Waals surface area contributed by atoms with Gasteiger partial charge < -0.3 is 4.98 Å². The molecule has 0 aliphatic heterocycles. The minimum Gasteiger partial charge on any atom is -0.310 e. The second-order valence-electron chi connectivity index (χ2n) is 7.68. The highest BCUT2D eigenvalue weighted by Crippen LogP contribution is 2.48. The standard InChI is InChI=1S/C18H18ClF2N5OS/c19-17-23-13(8-28-17)10-1-2-11(10)14-24-15-12(16(27)25-14)7-22-26(15)9-3-5-18(20,21)6-4-9/h7-11H,1-6H2,(H,24,25,27). The summed E-state index contributed by atoms with van der Waals surface area (Å²) >= 11 is 7.36. The van der Waals surface area contributed by atoms with Gasteiger partial charge in [-0.1, -0.05) is 11.6 Å². The van der Waals surface area contributed by atoms with Crippen LogP contribution in [-0.2, 0) is 0 Å². The van der Waals surface area contributed by atoms with Crippen LogP contribution in [0.4, 0.5) is 8.78 Å². The van der Waals surface area contributed by atoms with Gasteiger partial charge in [0.1, 0.15) is 11.2 Å². The van der Waals surface area contributed by atoms with E-state index in [1.807, 2.05) is 5.38 Å². The van der Waals surface area contributed by atoms with E-state index in [0.29, 0.717) is 34.2 Å². The van der Waals surface area contributed by atoms with E-state index in [1.54, 1.807) is 4.68 Å². The van der Waals surface area contributed by atoms with Crippen molar-refractivity contribution in [1.82, 2.24) is 24.7 Å². The number of halogens is 3. The molecule has 0 spiro atoms. The molecule has 3 aromatic heterocycles. The quantitative estimate of drug-likeness (QED) is 0.663. The Bertz CT molecular complexity index is 1080. The lowest BCUT2D eigenvalue weighted by Crippen LogP contribution is -2.28. The maximum Gasteiger partial charge on any atom is 0.262 e. The fourth-order valence-electron chi connectivity index (χ4n) is 4.28. The van der Waals surface area contributed by atoms with Crippen LogP contribution in [0.1, 0.15) is 67.9 Å². The fraction of sp³-hybridized carbons (Fsp3) is 0.556. The molecule has 0 aromatic carbocycles. The van der Waals surface area contributed by atoms with Gasteiger partial charge in [-0.15, -0.1) is 11.3 Å². The third-order valence-corrected chi connectivity index (χ3v) is 7.01. The maximum atomic E-state index is 13.5. The highest BCUT2D eigenvalue weighted by molar-refractivity contribution is 7.13. The van der Waals surface area contributed by atoms with Gasteiger partial charge in [0.2, 0.25) is 5.92 Å². The first-order valence-corrected chi connectivity index (χ1v) is 10.6. The molecule has 1 N–H and O–H groups in total. The number of H-pyrrole nitrogens is 1. The molecule has 3 aromatic rings. The van der Waals surface area contributed by atoms with Crippen LogP contribution in [0.25, 0.3) is 11.0 Å². The van der Waals surface area contributed by atoms with Crippen LogP contribution >= 0.6 is 22.9 Å². The lowest BCUT2D eigenvalue weighted by Gasteiger charge is -2.34. The van der Waals surface area contributed by atoms with E-state index in [4.69, 9.17) is 16.6 Å². The van der Waals surface area contributed by atoms with Crippen LogP contribution in [0.3, 0.4) is 0 Å². The molecule has 2 saturated carbocycles. The highest BCUT2D eigenvalue weighted by atomic mass is 35.5. The number of rotatable bonds is 3. The first-order chi connectivity index (χ1) is 13.4. The summed E-state index contributed by atoms with van der Waals surface area (Å²) in [6.45, 7) is 0. The number of aromatic amines is 1. The zero-order valence-corrected chi connectivity index (χ0v) is 16.4. The van der Waals surface area contributed by atoms with Crippen LogP contribution in [0.5, 0.6) is 0 Å². The van der Waals surface area contributed by atoms with Crippen LogP contribution in [-0.4, -0.2) is 30.7 Å². The molecule has 0 saturated heterocycles. The normalized spacial score (nSPS) is 25.1. The van der Waals surface area contributed by atoms with Gasteiger partial charge in [0.25, 0.3) is 5.56 Å². The number of nitrogens with one attached hydrogen (secondary N) is 1. The molecule has 6 nitrogen and oxygen atoms in total. The van der Waals surface area contributed by atoms with Crippen molar-refractivity contribution in [3.05, 3.63) is 37.9 Å². The van der Waals surface area contributed by atoms with Gasteiger partial charge in [-0.25, -0.2) is 23.4 Å². The molecule has 28 heavy (non-hydrogen) atoms. The van der Waals surface area contributed by atoms with E-state index in [9.17, 15) is 13.6 Å². The summed E-state index contributed by atoms with van der Waals surface area (Å²) in [4.78, 5) is 24.6. The van der Waals surface area contributed by atoms with Crippen LogP contribution in [0.2, 0.25) is 4.47 Å². The zero-order chi connectivity index (χ0) is 19.5. The Morgan fingerprint density at radius 3 is 2.57 bits per heavy atom. The Balaban J connectivity index is 1.49. The average molecular weight is 426 g/mol. The summed E-state index contributed by atoms with van der Waals surface area (Å²) < 4.78 is 29.2. The SMILES string of the molecule is O=c1[nH]c(C2CCC2c2csc(Cl)n2)nc2c1cnn2C1CCC(F)(F)CC1. The molecule has 2 unspecified atom stereocenters. The zero-order valence-electron chi connectivity index (χ0n) is 14.9. The monoisotopic (exact) mass is 425 g/mol. The average Bonchev–Trinajstić information content (AvgIpc) is 3.21. The second kappa shape index (κ2) is 6.59. The Kier molecular flexibility index (Phi) is 4.28. The van der Waals surface area contributed by atoms with Crippen molar-refractivity contribution in [2.45, 2.75) is 62.3 Å². The Labute approximate surface area is 168 Å². The van der Waals surface area contributed by atoms with E-state index >= 15 is 0 Å². The van der Waals surface area contributed by atoms with Crippen molar-refractivity contribution >= 4 is 34.0 Å². The van der Waals surface area contributed by atoms with Gasteiger partial charge in [-0.2, -0.15) is 5.10 Å². The summed E-state index contributed by atoms with van der Waals surface area (Å²) in [5.74, 6) is -1.76. The third-order valence-electron chi connectivity index (χ3n) is 6.01. The first-order valence-electron chi connectivity index (χ1n) is 9.37. The van der Waals surface area contributed by atoms with Gasteiger partial charge in [0.05, 0.1) is 17.9 Å². The number of aromatic nitrogens is 5. The molecule has 2 aliphatic rings. The molecule has 2 fully saturated rings. The number of hydrogen-bond donors (Lipinski definition) is 1. The van der Waals surface area contributed by atoms with E-state index in [1.165, 1.54) is 17.5 Å². The molecule has 148 valence electrons. The summed E-state index contributed by atoms with van der Waals surface area (Å²) in [5.41, 5.74) is 1.17. The predicted octanol–water partition coefficient (Wildman–Crippen LogP) is 4.64. The van der Waals surface area contributed by atoms with E-state index in [-0.39, 0.29) is 36.3 Å². The van der Waals surface area contributed by atoms with Crippen molar-refractivity contribution in [1.29, 1.82) is 0 Å². The van der Waals surface area contributed by atoms with E-state index in [2.05, 4.69) is 15.1 Å². The predicted molar refractivity (Wildman–Crippen MR) is 102 cm³/mol. The summed E-state index contributed by atoms with van der Waals surface area (Å²) in [6.07, 6.45) is 3.68. The topological polar surface area (TPSA) is 76.5 Å². The molecule has 2 aliphatic carbocycles. The molecule has 0 bridgehead atoms. The number of alkyl halides is 2. The maximum absolute atomic E-state index is 13.5. The van der Waals surface area contributed by atoms with Gasteiger partial charge in [-0.05, 0) is 25.7 Å². The Hall–Kier alpha value is -1.87. The Morgan fingerprint density at radius 2 is 1.93 bits per heavy atom. The summed E-state index contributed by atoms with van der Waals surface area (Å²) in [7, 11) is 0. The highest BCUT2D eigenvalue weighted by Gasteiger charge is 2.38. The molecule has 0 amide bonds. The van der Waals surface area contributed by atoms with Crippen LogP contribution < -0.4 is 5.56 Å². The molecule has 3 heterocycles. The third kappa shape index (κ3) is 3.04. The van der Waals surface area contributed by atoms with Gasteiger partial charge in [0.15, 0.2) is 10.1 Å². The molecular formula is C18H18ClF2N5OS. The number of hydrogen-bond acceptors (Lipinski definition) is 5. The van der Waals surface area contributed by atoms with Gasteiger partial charge in [0, 0.05) is 30.1 Å². The molecule has 2 atom stereocenters. The van der Waals surface area contributed by atoms with E-state index in [0.717, 1.165) is 18.5 Å².